The highest BCUT2D eigenvalue weighted by Gasteiger charge is 2.07. The molecule has 0 radical (unpaired) electrons. The van der Waals surface area contributed by atoms with Crippen LogP contribution in [0.2, 0.25) is 0 Å². The van der Waals surface area contributed by atoms with Gasteiger partial charge in [0.05, 0.1) is 5.69 Å². The monoisotopic (exact) mass is 257 g/mol. The van der Waals surface area contributed by atoms with Gasteiger partial charge >= 0.3 is 0 Å². The smallest absolute Gasteiger partial charge is 0.194 e. The van der Waals surface area contributed by atoms with Crippen LogP contribution in [-0.2, 0) is 0 Å². The van der Waals surface area contributed by atoms with E-state index >= 15 is 0 Å². The second kappa shape index (κ2) is 4.23. The first-order valence-corrected chi connectivity index (χ1v) is 6.82. The molecule has 1 aromatic carbocycles. The molecule has 3 aromatic rings. The van der Waals surface area contributed by atoms with Crippen LogP contribution in [0.5, 0.6) is 0 Å². The maximum absolute atomic E-state index is 5.85. The van der Waals surface area contributed by atoms with Crippen molar-refractivity contribution in [1.29, 1.82) is 0 Å². The van der Waals surface area contributed by atoms with Gasteiger partial charge in [-0.05, 0) is 19.4 Å². The Morgan fingerprint density at radius 2 is 2.00 bits per heavy atom. The molecule has 1 unspecified atom stereocenters. The van der Waals surface area contributed by atoms with Crippen molar-refractivity contribution < 1.29 is 0 Å². The van der Waals surface area contributed by atoms with Crippen molar-refractivity contribution in [2.75, 3.05) is 0 Å². The molecule has 2 heterocycles. The standard InChI is InChI=1S/C14H15N3S/c1-9-8-18-14-16-13(7-17(9)14)12-5-3-11(4-6-12)10(2)15/h3-8,10H,15H2,1-2H3. The summed E-state index contributed by atoms with van der Waals surface area (Å²) in [4.78, 5) is 5.67. The van der Waals surface area contributed by atoms with Crippen molar-refractivity contribution in [2.24, 2.45) is 5.73 Å². The van der Waals surface area contributed by atoms with E-state index in [0.717, 1.165) is 21.8 Å². The molecule has 0 aliphatic rings. The number of nitrogens with two attached hydrogens (primary N) is 1. The van der Waals surface area contributed by atoms with Gasteiger partial charge in [-0.15, -0.1) is 11.3 Å². The van der Waals surface area contributed by atoms with Gasteiger partial charge in [0.2, 0.25) is 0 Å². The molecule has 0 fully saturated rings. The molecule has 0 aliphatic carbocycles. The first-order chi connectivity index (χ1) is 8.65. The molecule has 0 saturated heterocycles. The van der Waals surface area contributed by atoms with E-state index < -0.39 is 0 Å². The third-order valence-electron chi connectivity index (χ3n) is 3.12. The van der Waals surface area contributed by atoms with Crippen LogP contribution >= 0.6 is 11.3 Å². The van der Waals surface area contributed by atoms with Gasteiger partial charge in [-0.2, -0.15) is 0 Å². The van der Waals surface area contributed by atoms with Crippen LogP contribution in [0.15, 0.2) is 35.8 Å². The Bertz CT molecular complexity index is 677. The summed E-state index contributed by atoms with van der Waals surface area (Å²) in [6, 6.07) is 8.38. The van der Waals surface area contributed by atoms with Crippen molar-refractivity contribution in [3.05, 3.63) is 47.1 Å². The average Bonchev–Trinajstić information content (AvgIpc) is 2.92. The van der Waals surface area contributed by atoms with Crippen LogP contribution in [0.25, 0.3) is 16.2 Å². The molecule has 3 nitrogen and oxygen atoms in total. The lowest BCUT2D eigenvalue weighted by molar-refractivity contribution is 0.818. The Labute approximate surface area is 110 Å². The molecular formula is C14H15N3S. The number of imidazole rings is 1. The minimum atomic E-state index is 0.0757. The first kappa shape index (κ1) is 11.4. The number of rotatable bonds is 2. The fourth-order valence-corrected chi connectivity index (χ4v) is 2.84. The predicted molar refractivity (Wildman–Crippen MR) is 75.8 cm³/mol. The molecule has 18 heavy (non-hydrogen) atoms. The maximum atomic E-state index is 5.85. The lowest BCUT2D eigenvalue weighted by atomic mass is 10.1. The second-order valence-corrected chi connectivity index (χ2v) is 5.40. The zero-order valence-corrected chi connectivity index (χ0v) is 11.2. The second-order valence-electron chi connectivity index (χ2n) is 4.57. The highest BCUT2D eigenvalue weighted by atomic mass is 32.1. The molecule has 0 spiro atoms. The van der Waals surface area contributed by atoms with E-state index in [4.69, 9.17) is 5.73 Å². The predicted octanol–water partition coefficient (Wildman–Crippen LogP) is 3.39. The number of hydrogen-bond acceptors (Lipinski definition) is 3. The lowest BCUT2D eigenvalue weighted by Crippen LogP contribution is -2.04. The van der Waals surface area contributed by atoms with Gasteiger partial charge < -0.3 is 5.73 Å². The third-order valence-corrected chi connectivity index (χ3v) is 4.08. The largest absolute Gasteiger partial charge is 0.324 e. The summed E-state index contributed by atoms with van der Waals surface area (Å²) >= 11 is 1.67. The Morgan fingerprint density at radius 1 is 1.28 bits per heavy atom. The van der Waals surface area contributed by atoms with Crippen molar-refractivity contribution in [2.45, 2.75) is 19.9 Å². The van der Waals surface area contributed by atoms with E-state index in [9.17, 15) is 0 Å². The van der Waals surface area contributed by atoms with E-state index in [1.165, 1.54) is 5.69 Å². The Balaban J connectivity index is 2.03. The number of nitrogens with zero attached hydrogens (tertiary/aromatic N) is 2. The SMILES string of the molecule is Cc1csc2nc(-c3ccc(C(C)N)cc3)cn12. The summed E-state index contributed by atoms with van der Waals surface area (Å²) < 4.78 is 2.12. The van der Waals surface area contributed by atoms with Gasteiger partial charge in [0.25, 0.3) is 0 Å². The highest BCUT2D eigenvalue weighted by Crippen LogP contribution is 2.24. The van der Waals surface area contributed by atoms with Crippen molar-refractivity contribution in [3.63, 3.8) is 0 Å². The quantitative estimate of drug-likeness (QED) is 0.764. The van der Waals surface area contributed by atoms with Gasteiger partial charge in [-0.1, -0.05) is 24.3 Å². The van der Waals surface area contributed by atoms with Crippen LogP contribution in [0.3, 0.4) is 0 Å². The van der Waals surface area contributed by atoms with Gasteiger partial charge in [-0.25, -0.2) is 4.98 Å². The molecule has 2 N–H and O–H groups in total. The molecule has 1 atom stereocenters. The van der Waals surface area contributed by atoms with Crippen LogP contribution in [0.1, 0.15) is 24.2 Å². The van der Waals surface area contributed by atoms with E-state index in [0.29, 0.717) is 0 Å². The summed E-state index contributed by atoms with van der Waals surface area (Å²) in [6.07, 6.45) is 2.09. The van der Waals surface area contributed by atoms with Crippen LogP contribution < -0.4 is 5.73 Å². The van der Waals surface area contributed by atoms with Crippen molar-refractivity contribution >= 4 is 16.3 Å². The van der Waals surface area contributed by atoms with Crippen LogP contribution in [0, 0.1) is 6.92 Å². The molecule has 0 amide bonds. The minimum absolute atomic E-state index is 0.0757. The number of aromatic nitrogens is 2. The lowest BCUT2D eigenvalue weighted by Gasteiger charge is -2.05. The zero-order chi connectivity index (χ0) is 12.7. The van der Waals surface area contributed by atoms with Crippen molar-refractivity contribution in [3.8, 4) is 11.3 Å². The summed E-state index contributed by atoms with van der Waals surface area (Å²) in [7, 11) is 0. The van der Waals surface area contributed by atoms with Gasteiger partial charge in [-0.3, -0.25) is 4.40 Å². The minimum Gasteiger partial charge on any atom is -0.324 e. The van der Waals surface area contributed by atoms with Gasteiger partial charge in [0.1, 0.15) is 0 Å². The molecule has 2 aromatic heterocycles. The van der Waals surface area contributed by atoms with E-state index in [1.807, 2.05) is 6.92 Å². The van der Waals surface area contributed by atoms with Crippen LogP contribution in [0.4, 0.5) is 0 Å². The number of thiazole rings is 1. The summed E-state index contributed by atoms with van der Waals surface area (Å²) in [5, 5.41) is 2.12. The number of aryl methyl sites for hydroxylation is 1. The van der Waals surface area contributed by atoms with E-state index in [2.05, 4.69) is 52.2 Å². The van der Waals surface area contributed by atoms with E-state index in [1.54, 1.807) is 11.3 Å². The fourth-order valence-electron chi connectivity index (χ4n) is 1.99. The molecule has 0 bridgehead atoms. The third kappa shape index (κ3) is 1.83. The molecule has 4 heteroatoms. The van der Waals surface area contributed by atoms with Gasteiger partial charge in [0.15, 0.2) is 4.96 Å². The number of benzene rings is 1. The Morgan fingerprint density at radius 3 is 2.61 bits per heavy atom. The number of hydrogen-bond donors (Lipinski definition) is 1. The van der Waals surface area contributed by atoms with E-state index in [-0.39, 0.29) is 6.04 Å². The number of fused-ring (bicyclic) bond motifs is 1. The molecule has 0 aliphatic heterocycles. The Kier molecular flexibility index (Phi) is 2.69. The molecule has 0 saturated carbocycles. The van der Waals surface area contributed by atoms with Crippen molar-refractivity contribution in [1.82, 2.24) is 9.38 Å². The maximum Gasteiger partial charge on any atom is 0.194 e. The Hall–Kier alpha value is -1.65. The van der Waals surface area contributed by atoms with Gasteiger partial charge in [0, 0.05) is 28.9 Å². The first-order valence-electron chi connectivity index (χ1n) is 5.94. The molecular weight excluding hydrogens is 242 g/mol. The van der Waals surface area contributed by atoms with Crippen LogP contribution in [-0.4, -0.2) is 9.38 Å². The summed E-state index contributed by atoms with van der Waals surface area (Å²) in [6.45, 7) is 4.08. The molecule has 92 valence electrons. The average molecular weight is 257 g/mol. The zero-order valence-electron chi connectivity index (χ0n) is 10.4. The molecule has 3 rings (SSSR count). The highest BCUT2D eigenvalue weighted by molar-refractivity contribution is 7.15. The normalized spacial score (nSPS) is 13.1. The summed E-state index contributed by atoms with van der Waals surface area (Å²) in [5.41, 5.74) is 10.4. The fraction of sp³-hybridized carbons (Fsp3) is 0.214. The summed E-state index contributed by atoms with van der Waals surface area (Å²) in [5.74, 6) is 0. The topological polar surface area (TPSA) is 43.3 Å².